The second kappa shape index (κ2) is 8.26. The molecule has 1 heterocycles. The van der Waals surface area contributed by atoms with Crippen molar-refractivity contribution in [1.29, 1.82) is 0 Å². The van der Waals surface area contributed by atoms with Gasteiger partial charge in [0.2, 0.25) is 0 Å². The van der Waals surface area contributed by atoms with Gasteiger partial charge >= 0.3 is 5.97 Å². The Morgan fingerprint density at radius 3 is 2.48 bits per heavy atom. The highest BCUT2D eigenvalue weighted by molar-refractivity contribution is 7.14. The summed E-state index contributed by atoms with van der Waals surface area (Å²) in [6, 6.07) is 1.67. The molecule has 0 spiro atoms. The van der Waals surface area contributed by atoms with Crippen molar-refractivity contribution in [3.05, 3.63) is 41.1 Å². The number of carbonyl (C=O) groups excluding carboxylic acids is 1. The number of aryl methyl sites for hydroxylation is 1. The van der Waals surface area contributed by atoms with Gasteiger partial charge in [-0.15, -0.1) is 24.5 Å². The maximum Gasteiger partial charge on any atom is 0.349 e. The first kappa shape index (κ1) is 17.0. The highest BCUT2D eigenvalue weighted by atomic mass is 32.1. The van der Waals surface area contributed by atoms with Crippen LogP contribution in [0.25, 0.3) is 0 Å². The van der Waals surface area contributed by atoms with E-state index in [1.54, 1.807) is 18.2 Å². The van der Waals surface area contributed by atoms with Gasteiger partial charge < -0.3 is 14.7 Å². The Balaban J connectivity index is 2.75. The Labute approximate surface area is 128 Å². The molecule has 0 atom stereocenters. The highest BCUT2D eigenvalue weighted by Gasteiger charge is 2.18. The van der Waals surface area contributed by atoms with E-state index in [4.69, 9.17) is 9.84 Å². The first-order valence-corrected chi connectivity index (χ1v) is 7.33. The van der Waals surface area contributed by atoms with Crippen LogP contribution in [0.5, 0.6) is 5.75 Å². The van der Waals surface area contributed by atoms with Gasteiger partial charge in [-0.25, -0.2) is 4.79 Å². The predicted molar refractivity (Wildman–Crippen MR) is 83.1 cm³/mol. The molecule has 0 unspecified atom stereocenters. The largest absolute Gasteiger partial charge is 0.482 e. The van der Waals surface area contributed by atoms with Gasteiger partial charge in [-0.2, -0.15) is 0 Å². The third-order valence-corrected chi connectivity index (χ3v) is 3.94. The van der Waals surface area contributed by atoms with Crippen LogP contribution in [-0.4, -0.2) is 41.6 Å². The monoisotopic (exact) mass is 309 g/mol. The standard InChI is InChI=1S/C15H19NO4S/c1-4-7-16(8-5-2)13(17)10-20-12-9-11(6-3)21-14(12)15(18)19/h4-5,9H,1-2,6-8,10H2,3H3,(H,18,19). The topological polar surface area (TPSA) is 66.8 Å². The Morgan fingerprint density at radius 2 is 2.00 bits per heavy atom. The maximum atomic E-state index is 12.0. The molecule has 1 aromatic rings. The van der Waals surface area contributed by atoms with Gasteiger partial charge in [0.25, 0.3) is 5.91 Å². The number of ether oxygens (including phenoxy) is 1. The lowest BCUT2D eigenvalue weighted by Gasteiger charge is -2.19. The molecule has 0 aliphatic carbocycles. The second-order valence-corrected chi connectivity index (χ2v) is 5.37. The van der Waals surface area contributed by atoms with E-state index < -0.39 is 5.97 Å². The fourth-order valence-corrected chi connectivity index (χ4v) is 2.55. The fourth-order valence-electron chi connectivity index (χ4n) is 1.67. The Bertz CT molecular complexity index is 526. The van der Waals surface area contributed by atoms with Crippen molar-refractivity contribution >= 4 is 23.2 Å². The molecule has 6 heteroatoms. The Hall–Kier alpha value is -2.08. The van der Waals surface area contributed by atoms with Crippen LogP contribution in [-0.2, 0) is 11.2 Å². The van der Waals surface area contributed by atoms with E-state index in [0.29, 0.717) is 13.1 Å². The van der Waals surface area contributed by atoms with Crippen molar-refractivity contribution in [2.24, 2.45) is 0 Å². The molecule has 0 aromatic carbocycles. The van der Waals surface area contributed by atoms with Gasteiger partial charge in [-0.05, 0) is 12.5 Å². The van der Waals surface area contributed by atoms with Crippen LogP contribution in [0.4, 0.5) is 0 Å². The summed E-state index contributed by atoms with van der Waals surface area (Å²) < 4.78 is 5.39. The molecule has 0 radical (unpaired) electrons. The summed E-state index contributed by atoms with van der Waals surface area (Å²) in [6.45, 7) is 9.69. The number of hydrogen-bond acceptors (Lipinski definition) is 4. The van der Waals surface area contributed by atoms with Crippen molar-refractivity contribution in [3.63, 3.8) is 0 Å². The van der Waals surface area contributed by atoms with Crippen molar-refractivity contribution in [2.75, 3.05) is 19.7 Å². The summed E-state index contributed by atoms with van der Waals surface area (Å²) in [6.07, 6.45) is 3.95. The molecular formula is C15H19NO4S. The zero-order valence-electron chi connectivity index (χ0n) is 12.0. The van der Waals surface area contributed by atoms with Crippen molar-refractivity contribution in [2.45, 2.75) is 13.3 Å². The SMILES string of the molecule is C=CCN(CC=C)C(=O)COc1cc(CC)sc1C(=O)O. The molecule has 1 aromatic heterocycles. The quantitative estimate of drug-likeness (QED) is 0.712. The third kappa shape index (κ3) is 4.75. The number of carboxylic acid groups (broad SMARTS) is 1. The van der Waals surface area contributed by atoms with Gasteiger partial charge in [-0.1, -0.05) is 19.1 Å². The van der Waals surface area contributed by atoms with Crippen LogP contribution >= 0.6 is 11.3 Å². The zero-order valence-corrected chi connectivity index (χ0v) is 12.8. The van der Waals surface area contributed by atoms with Crippen molar-refractivity contribution in [1.82, 2.24) is 4.90 Å². The number of amides is 1. The van der Waals surface area contributed by atoms with Gasteiger partial charge in [0, 0.05) is 18.0 Å². The summed E-state index contributed by atoms with van der Waals surface area (Å²) in [4.78, 5) is 25.7. The lowest BCUT2D eigenvalue weighted by Crippen LogP contribution is -2.35. The van der Waals surface area contributed by atoms with Gasteiger partial charge in [0.1, 0.15) is 5.75 Å². The minimum absolute atomic E-state index is 0.124. The van der Waals surface area contributed by atoms with E-state index >= 15 is 0 Å². The van der Waals surface area contributed by atoms with E-state index in [1.807, 2.05) is 6.92 Å². The Morgan fingerprint density at radius 1 is 1.38 bits per heavy atom. The molecule has 0 saturated carbocycles. The average Bonchev–Trinajstić information content (AvgIpc) is 2.88. The summed E-state index contributed by atoms with van der Waals surface area (Å²) >= 11 is 1.17. The van der Waals surface area contributed by atoms with E-state index in [-0.39, 0.29) is 23.1 Å². The first-order chi connectivity index (χ1) is 10.0. The minimum Gasteiger partial charge on any atom is -0.482 e. The summed E-state index contributed by atoms with van der Waals surface area (Å²) in [5.41, 5.74) is 0. The third-order valence-electron chi connectivity index (χ3n) is 2.69. The van der Waals surface area contributed by atoms with Crippen molar-refractivity contribution < 1.29 is 19.4 Å². The van der Waals surface area contributed by atoms with Crippen LogP contribution < -0.4 is 4.74 Å². The zero-order chi connectivity index (χ0) is 15.8. The number of carbonyl (C=O) groups is 2. The molecule has 21 heavy (non-hydrogen) atoms. The first-order valence-electron chi connectivity index (χ1n) is 6.51. The molecule has 0 aliphatic heterocycles. The molecule has 0 aliphatic rings. The lowest BCUT2D eigenvalue weighted by atomic mass is 10.3. The smallest absolute Gasteiger partial charge is 0.349 e. The van der Waals surface area contributed by atoms with E-state index in [1.165, 1.54) is 16.2 Å². The number of carboxylic acids is 1. The molecule has 0 fully saturated rings. The van der Waals surface area contributed by atoms with E-state index in [0.717, 1.165) is 11.3 Å². The molecule has 0 bridgehead atoms. The highest BCUT2D eigenvalue weighted by Crippen LogP contribution is 2.29. The lowest BCUT2D eigenvalue weighted by molar-refractivity contribution is -0.132. The molecule has 5 nitrogen and oxygen atoms in total. The van der Waals surface area contributed by atoms with Crippen LogP contribution in [0.3, 0.4) is 0 Å². The van der Waals surface area contributed by atoms with E-state index in [9.17, 15) is 9.59 Å². The molecule has 1 amide bonds. The van der Waals surface area contributed by atoms with Gasteiger partial charge in [0.15, 0.2) is 11.5 Å². The summed E-state index contributed by atoms with van der Waals surface area (Å²) in [7, 11) is 0. The van der Waals surface area contributed by atoms with Crippen molar-refractivity contribution in [3.8, 4) is 5.75 Å². The van der Waals surface area contributed by atoms with Crippen LogP contribution in [0, 0.1) is 0 Å². The number of nitrogens with zero attached hydrogens (tertiary/aromatic N) is 1. The number of thiophene rings is 1. The number of hydrogen-bond donors (Lipinski definition) is 1. The fraction of sp³-hybridized carbons (Fsp3) is 0.333. The second-order valence-electron chi connectivity index (χ2n) is 4.23. The average molecular weight is 309 g/mol. The summed E-state index contributed by atoms with van der Waals surface area (Å²) in [5, 5.41) is 9.13. The van der Waals surface area contributed by atoms with Crippen LogP contribution in [0.15, 0.2) is 31.4 Å². The van der Waals surface area contributed by atoms with Gasteiger partial charge in [-0.3, -0.25) is 4.79 Å². The van der Waals surface area contributed by atoms with Crippen LogP contribution in [0.1, 0.15) is 21.5 Å². The molecular weight excluding hydrogens is 290 g/mol. The minimum atomic E-state index is -1.05. The van der Waals surface area contributed by atoms with E-state index in [2.05, 4.69) is 13.2 Å². The number of rotatable bonds is 9. The molecule has 1 N–H and O–H groups in total. The normalized spacial score (nSPS) is 9.95. The maximum absolute atomic E-state index is 12.0. The molecule has 1 rings (SSSR count). The number of aromatic carboxylic acids is 1. The Kier molecular flexibility index (Phi) is 6.68. The predicted octanol–water partition coefficient (Wildman–Crippen LogP) is 2.59. The molecule has 114 valence electrons. The van der Waals surface area contributed by atoms with Crippen LogP contribution in [0.2, 0.25) is 0 Å². The van der Waals surface area contributed by atoms with Gasteiger partial charge in [0.05, 0.1) is 0 Å². The molecule has 0 saturated heterocycles. The summed E-state index contributed by atoms with van der Waals surface area (Å²) in [5.74, 6) is -1.04.